The second-order valence-corrected chi connectivity index (χ2v) is 4.51. The minimum atomic E-state index is 0.588. The van der Waals surface area contributed by atoms with Gasteiger partial charge in [-0.1, -0.05) is 27.7 Å². The molecule has 0 aliphatic carbocycles. The molecule has 1 nitrogen and oxygen atoms in total. The number of alkyl halides is 1. The maximum atomic E-state index is 5.72. The molecule has 0 aromatic carbocycles. The lowest BCUT2D eigenvalue weighted by Crippen LogP contribution is -2.36. The molecule has 1 N–H and O–H groups in total. The van der Waals surface area contributed by atoms with E-state index in [1.807, 2.05) is 0 Å². The van der Waals surface area contributed by atoms with E-state index >= 15 is 0 Å². The van der Waals surface area contributed by atoms with E-state index < -0.39 is 0 Å². The van der Waals surface area contributed by atoms with Crippen LogP contribution in [0.15, 0.2) is 0 Å². The largest absolute Gasteiger partial charge is 0.313 e. The molecule has 0 amide bonds. The van der Waals surface area contributed by atoms with Crippen LogP contribution in [0.5, 0.6) is 0 Å². The standard InChI is InChI=1S/C10H22ClN/c1-8(2)7-12-10(5-6-11)9(3)4/h8-10,12H,5-7H2,1-4H3. The Morgan fingerprint density at radius 1 is 1.17 bits per heavy atom. The summed E-state index contributed by atoms with van der Waals surface area (Å²) in [6.45, 7) is 10.0. The Hall–Kier alpha value is 0.250. The molecule has 0 heterocycles. The summed E-state index contributed by atoms with van der Waals surface area (Å²) in [5, 5.41) is 3.54. The van der Waals surface area contributed by atoms with Crippen molar-refractivity contribution in [1.29, 1.82) is 0 Å². The number of rotatable bonds is 6. The van der Waals surface area contributed by atoms with Gasteiger partial charge in [-0.15, -0.1) is 11.6 Å². The van der Waals surface area contributed by atoms with Gasteiger partial charge in [-0.25, -0.2) is 0 Å². The third-order valence-corrected chi connectivity index (χ3v) is 2.23. The van der Waals surface area contributed by atoms with Crippen LogP contribution in [0.2, 0.25) is 0 Å². The van der Waals surface area contributed by atoms with E-state index in [1.165, 1.54) is 0 Å². The zero-order valence-corrected chi connectivity index (χ0v) is 9.49. The summed E-state index contributed by atoms with van der Waals surface area (Å²) in [6, 6.07) is 0.588. The number of halogens is 1. The monoisotopic (exact) mass is 191 g/mol. The first-order valence-electron chi connectivity index (χ1n) is 4.87. The summed E-state index contributed by atoms with van der Waals surface area (Å²) in [4.78, 5) is 0. The lowest BCUT2D eigenvalue weighted by Gasteiger charge is -2.22. The SMILES string of the molecule is CC(C)CNC(CCCl)C(C)C. The molecule has 0 fully saturated rings. The lowest BCUT2D eigenvalue weighted by molar-refractivity contribution is 0.370. The van der Waals surface area contributed by atoms with Crippen LogP contribution in [-0.2, 0) is 0 Å². The highest BCUT2D eigenvalue weighted by atomic mass is 35.5. The second kappa shape index (κ2) is 6.73. The molecule has 0 saturated carbocycles. The first-order chi connectivity index (χ1) is 5.57. The average Bonchev–Trinajstić information content (AvgIpc) is 1.96. The summed E-state index contributed by atoms with van der Waals surface area (Å²) in [5.41, 5.74) is 0. The molecular formula is C10H22ClN. The first kappa shape index (κ1) is 12.2. The first-order valence-corrected chi connectivity index (χ1v) is 5.40. The highest BCUT2D eigenvalue weighted by molar-refractivity contribution is 6.17. The minimum absolute atomic E-state index is 0.588. The highest BCUT2D eigenvalue weighted by Gasteiger charge is 2.11. The number of nitrogens with one attached hydrogen (secondary N) is 1. The molecule has 0 aliphatic heterocycles. The smallest absolute Gasteiger partial charge is 0.0238 e. The van der Waals surface area contributed by atoms with Crippen molar-refractivity contribution in [2.75, 3.05) is 12.4 Å². The Morgan fingerprint density at radius 2 is 1.75 bits per heavy atom. The summed E-state index contributed by atoms with van der Waals surface area (Å²) >= 11 is 5.72. The molecule has 0 saturated heterocycles. The zero-order chi connectivity index (χ0) is 9.56. The Bertz CT molecular complexity index is 102. The van der Waals surface area contributed by atoms with Gasteiger partial charge in [-0.2, -0.15) is 0 Å². The van der Waals surface area contributed by atoms with Crippen LogP contribution in [0.4, 0.5) is 0 Å². The summed E-state index contributed by atoms with van der Waals surface area (Å²) < 4.78 is 0. The van der Waals surface area contributed by atoms with Crippen LogP contribution >= 0.6 is 11.6 Å². The lowest BCUT2D eigenvalue weighted by atomic mass is 10.0. The predicted octanol–water partition coefficient (Wildman–Crippen LogP) is 2.89. The van der Waals surface area contributed by atoms with E-state index in [0.717, 1.165) is 24.8 Å². The van der Waals surface area contributed by atoms with Crippen molar-refractivity contribution >= 4 is 11.6 Å². The van der Waals surface area contributed by atoms with Gasteiger partial charge >= 0.3 is 0 Å². The summed E-state index contributed by atoms with van der Waals surface area (Å²) in [7, 11) is 0. The predicted molar refractivity (Wildman–Crippen MR) is 56.8 cm³/mol. The van der Waals surface area contributed by atoms with Crippen LogP contribution in [0, 0.1) is 11.8 Å². The minimum Gasteiger partial charge on any atom is -0.313 e. The molecule has 0 spiro atoms. The molecule has 0 aromatic heterocycles. The fourth-order valence-electron chi connectivity index (χ4n) is 1.18. The molecule has 12 heavy (non-hydrogen) atoms. The number of hydrogen-bond acceptors (Lipinski definition) is 1. The topological polar surface area (TPSA) is 12.0 Å². The maximum Gasteiger partial charge on any atom is 0.0238 e. The van der Waals surface area contributed by atoms with Crippen molar-refractivity contribution < 1.29 is 0 Å². The van der Waals surface area contributed by atoms with Crippen molar-refractivity contribution in [2.45, 2.75) is 40.2 Å². The van der Waals surface area contributed by atoms with E-state index in [4.69, 9.17) is 11.6 Å². The molecule has 74 valence electrons. The summed E-state index contributed by atoms with van der Waals surface area (Å²) in [5.74, 6) is 2.16. The zero-order valence-electron chi connectivity index (χ0n) is 8.73. The normalized spacial score (nSPS) is 14.2. The van der Waals surface area contributed by atoms with Gasteiger partial charge in [0.05, 0.1) is 0 Å². The van der Waals surface area contributed by atoms with Crippen LogP contribution < -0.4 is 5.32 Å². The van der Waals surface area contributed by atoms with Gasteiger partial charge in [0.15, 0.2) is 0 Å². The fraction of sp³-hybridized carbons (Fsp3) is 1.00. The second-order valence-electron chi connectivity index (χ2n) is 4.13. The van der Waals surface area contributed by atoms with Gasteiger partial charge in [0.25, 0.3) is 0 Å². The Kier molecular flexibility index (Phi) is 6.87. The van der Waals surface area contributed by atoms with Crippen molar-refractivity contribution in [2.24, 2.45) is 11.8 Å². The van der Waals surface area contributed by atoms with E-state index in [1.54, 1.807) is 0 Å². The van der Waals surface area contributed by atoms with E-state index in [0.29, 0.717) is 12.0 Å². The van der Waals surface area contributed by atoms with Crippen molar-refractivity contribution in [3.63, 3.8) is 0 Å². The summed E-state index contributed by atoms with van der Waals surface area (Å²) in [6.07, 6.45) is 1.08. The molecular weight excluding hydrogens is 170 g/mol. The highest BCUT2D eigenvalue weighted by Crippen LogP contribution is 2.07. The van der Waals surface area contributed by atoms with E-state index in [2.05, 4.69) is 33.0 Å². The van der Waals surface area contributed by atoms with Crippen molar-refractivity contribution in [1.82, 2.24) is 5.32 Å². The maximum absolute atomic E-state index is 5.72. The molecule has 2 heteroatoms. The number of hydrogen-bond donors (Lipinski definition) is 1. The van der Waals surface area contributed by atoms with E-state index in [9.17, 15) is 0 Å². The van der Waals surface area contributed by atoms with Crippen LogP contribution in [0.1, 0.15) is 34.1 Å². The molecule has 0 rings (SSSR count). The van der Waals surface area contributed by atoms with Gasteiger partial charge in [-0.05, 0) is 24.8 Å². The van der Waals surface area contributed by atoms with E-state index in [-0.39, 0.29) is 0 Å². The van der Waals surface area contributed by atoms with Crippen molar-refractivity contribution in [3.05, 3.63) is 0 Å². The van der Waals surface area contributed by atoms with Gasteiger partial charge in [0, 0.05) is 11.9 Å². The molecule has 1 atom stereocenters. The van der Waals surface area contributed by atoms with Crippen LogP contribution in [-0.4, -0.2) is 18.5 Å². The average molecular weight is 192 g/mol. The van der Waals surface area contributed by atoms with Gasteiger partial charge in [0.1, 0.15) is 0 Å². The fourth-order valence-corrected chi connectivity index (χ4v) is 1.41. The molecule has 0 bridgehead atoms. The van der Waals surface area contributed by atoms with Gasteiger partial charge in [0.2, 0.25) is 0 Å². The Morgan fingerprint density at radius 3 is 2.08 bits per heavy atom. The molecule has 0 aromatic rings. The van der Waals surface area contributed by atoms with Crippen molar-refractivity contribution in [3.8, 4) is 0 Å². The third-order valence-electron chi connectivity index (χ3n) is 2.01. The molecule has 0 aliphatic rings. The van der Waals surface area contributed by atoms with Crippen LogP contribution in [0.25, 0.3) is 0 Å². The third kappa shape index (κ3) is 5.84. The van der Waals surface area contributed by atoms with Gasteiger partial charge in [-0.3, -0.25) is 0 Å². The van der Waals surface area contributed by atoms with Crippen LogP contribution in [0.3, 0.4) is 0 Å². The molecule has 0 radical (unpaired) electrons. The Labute approximate surface area is 81.9 Å². The Balaban J connectivity index is 3.63. The van der Waals surface area contributed by atoms with Gasteiger partial charge < -0.3 is 5.32 Å². The molecule has 1 unspecified atom stereocenters. The quantitative estimate of drug-likeness (QED) is 0.637.